The normalized spacial score (nSPS) is 12.2. The fourth-order valence-electron chi connectivity index (χ4n) is 2.22. The zero-order valence-electron chi connectivity index (χ0n) is 13.1. The van der Waals surface area contributed by atoms with E-state index in [0.29, 0.717) is 5.13 Å². The van der Waals surface area contributed by atoms with Crippen LogP contribution in [0.3, 0.4) is 0 Å². The molecule has 1 aromatic carbocycles. The van der Waals surface area contributed by atoms with Crippen molar-refractivity contribution in [2.75, 3.05) is 5.32 Å². The van der Waals surface area contributed by atoms with Crippen LogP contribution in [0.4, 0.5) is 10.8 Å². The molecule has 0 saturated carbocycles. The second kappa shape index (κ2) is 6.36. The second-order valence-corrected chi connectivity index (χ2v) is 6.59. The lowest BCUT2D eigenvalue weighted by molar-refractivity contribution is -0.385. The lowest BCUT2D eigenvalue weighted by Crippen LogP contribution is -2.24. The summed E-state index contributed by atoms with van der Waals surface area (Å²) in [4.78, 5) is 26.8. The number of nitro groups is 1. The number of hydrogen-bond donors (Lipinski definition) is 1. The monoisotopic (exact) mass is 345 g/mol. The highest BCUT2D eigenvalue weighted by molar-refractivity contribution is 7.22. The minimum Gasteiger partial charge on any atom is -0.302 e. The summed E-state index contributed by atoms with van der Waals surface area (Å²) in [6.07, 6.45) is 2.48. The molecule has 0 spiro atoms. The van der Waals surface area contributed by atoms with Gasteiger partial charge in [-0.3, -0.25) is 19.6 Å². The number of aromatic nitrogens is 3. The van der Waals surface area contributed by atoms with Crippen LogP contribution in [0.25, 0.3) is 10.2 Å². The highest BCUT2D eigenvalue weighted by Gasteiger charge is 2.18. The molecular formula is C15H15N5O3S. The molecule has 1 atom stereocenters. The summed E-state index contributed by atoms with van der Waals surface area (Å²) in [5.74, 6) is -0.609. The van der Waals surface area contributed by atoms with Crippen LogP contribution in [0, 0.1) is 23.0 Å². The molecule has 1 N–H and O–H groups in total. The predicted molar refractivity (Wildman–Crippen MR) is 91.0 cm³/mol. The van der Waals surface area contributed by atoms with Gasteiger partial charge in [0, 0.05) is 0 Å². The first-order valence-electron chi connectivity index (χ1n) is 7.27. The number of rotatable bonds is 5. The summed E-state index contributed by atoms with van der Waals surface area (Å²) in [6, 6.07) is 5.92. The average Bonchev–Trinajstić information content (AvgIpc) is 3.13. The van der Waals surface area contributed by atoms with E-state index in [4.69, 9.17) is 0 Å². The van der Waals surface area contributed by atoms with Gasteiger partial charge in [0.1, 0.15) is 12.4 Å². The van der Waals surface area contributed by atoms with Gasteiger partial charge in [-0.05, 0) is 24.6 Å². The molecular weight excluding hydrogens is 330 g/mol. The first-order chi connectivity index (χ1) is 11.4. The molecule has 1 unspecified atom stereocenters. The van der Waals surface area contributed by atoms with Crippen molar-refractivity contribution in [3.63, 3.8) is 0 Å². The maximum Gasteiger partial charge on any atom is 0.306 e. The summed E-state index contributed by atoms with van der Waals surface area (Å²) in [7, 11) is 0. The number of thiazole rings is 1. The molecule has 0 bridgehead atoms. The third-order valence-electron chi connectivity index (χ3n) is 3.51. The van der Waals surface area contributed by atoms with Crippen LogP contribution >= 0.6 is 11.3 Å². The summed E-state index contributed by atoms with van der Waals surface area (Å²) in [5.41, 5.74) is 1.89. The number of nitrogens with zero attached hydrogens (tertiary/aromatic N) is 4. The van der Waals surface area contributed by atoms with Crippen molar-refractivity contribution in [3.8, 4) is 0 Å². The zero-order valence-corrected chi connectivity index (χ0v) is 13.9. The van der Waals surface area contributed by atoms with E-state index in [2.05, 4.69) is 15.4 Å². The van der Waals surface area contributed by atoms with E-state index in [9.17, 15) is 14.9 Å². The lowest BCUT2D eigenvalue weighted by atomic mass is 10.1. The molecule has 24 heavy (non-hydrogen) atoms. The van der Waals surface area contributed by atoms with Crippen LogP contribution in [-0.4, -0.2) is 25.6 Å². The Hall–Kier alpha value is -2.81. The minimum atomic E-state index is -0.517. The van der Waals surface area contributed by atoms with E-state index in [0.717, 1.165) is 15.8 Å². The number of benzene rings is 1. The molecule has 0 aliphatic carbocycles. The van der Waals surface area contributed by atoms with Crippen molar-refractivity contribution < 1.29 is 9.72 Å². The predicted octanol–water partition coefficient (Wildman–Crippen LogP) is 2.98. The molecule has 3 rings (SSSR count). The molecule has 1 amide bonds. The quantitative estimate of drug-likeness (QED) is 0.565. The molecule has 3 aromatic rings. The zero-order chi connectivity index (χ0) is 17.3. The van der Waals surface area contributed by atoms with Gasteiger partial charge in [-0.15, -0.1) is 0 Å². The molecule has 0 aliphatic heterocycles. The fraction of sp³-hybridized carbons (Fsp3) is 0.267. The van der Waals surface area contributed by atoms with Gasteiger partial charge < -0.3 is 5.32 Å². The standard InChI is InChI=1S/C15H15N5O3S/c1-9-3-4-12-13(5-9)24-15(17-12)18-14(21)10(2)7-19-8-11(6-16-19)20(22)23/h3-6,8,10H,7H2,1-2H3,(H,17,18,21). The molecule has 2 heterocycles. The summed E-state index contributed by atoms with van der Waals surface area (Å²) in [6.45, 7) is 3.99. The number of hydrogen-bond acceptors (Lipinski definition) is 6. The van der Waals surface area contributed by atoms with Crippen molar-refractivity contribution in [1.82, 2.24) is 14.8 Å². The Kier molecular flexibility index (Phi) is 4.26. The largest absolute Gasteiger partial charge is 0.306 e. The molecule has 8 nitrogen and oxygen atoms in total. The van der Waals surface area contributed by atoms with E-state index in [1.807, 2.05) is 25.1 Å². The fourth-order valence-corrected chi connectivity index (χ4v) is 3.19. The number of carbonyl (C=O) groups is 1. The second-order valence-electron chi connectivity index (χ2n) is 5.56. The Morgan fingerprint density at radius 3 is 3.00 bits per heavy atom. The van der Waals surface area contributed by atoms with Crippen LogP contribution in [-0.2, 0) is 11.3 Å². The van der Waals surface area contributed by atoms with Gasteiger partial charge in [-0.2, -0.15) is 5.10 Å². The molecule has 2 aromatic heterocycles. The minimum absolute atomic E-state index is 0.0934. The Bertz CT molecular complexity index is 917. The van der Waals surface area contributed by atoms with E-state index < -0.39 is 10.8 Å². The summed E-state index contributed by atoms with van der Waals surface area (Å²) < 4.78 is 2.41. The third kappa shape index (κ3) is 3.40. The average molecular weight is 345 g/mol. The molecule has 0 fully saturated rings. The topological polar surface area (TPSA) is 103 Å². The Morgan fingerprint density at radius 1 is 1.50 bits per heavy atom. The lowest BCUT2D eigenvalue weighted by Gasteiger charge is -2.10. The smallest absolute Gasteiger partial charge is 0.302 e. The van der Waals surface area contributed by atoms with E-state index in [1.54, 1.807) is 6.92 Å². The van der Waals surface area contributed by atoms with Crippen LogP contribution in [0.15, 0.2) is 30.6 Å². The maximum absolute atomic E-state index is 12.3. The molecule has 9 heteroatoms. The number of fused-ring (bicyclic) bond motifs is 1. The number of carbonyl (C=O) groups excluding carboxylic acids is 1. The van der Waals surface area contributed by atoms with Gasteiger partial charge in [0.25, 0.3) is 0 Å². The van der Waals surface area contributed by atoms with Crippen LogP contribution in [0.2, 0.25) is 0 Å². The van der Waals surface area contributed by atoms with Crippen LogP contribution in [0.5, 0.6) is 0 Å². The summed E-state index contributed by atoms with van der Waals surface area (Å²) >= 11 is 1.42. The van der Waals surface area contributed by atoms with Gasteiger partial charge in [0.15, 0.2) is 5.13 Å². The molecule has 0 saturated heterocycles. The van der Waals surface area contributed by atoms with Crippen LogP contribution < -0.4 is 5.32 Å². The van der Waals surface area contributed by atoms with Gasteiger partial charge in [-0.1, -0.05) is 24.3 Å². The van der Waals surface area contributed by atoms with Crippen molar-refractivity contribution >= 4 is 38.3 Å². The van der Waals surface area contributed by atoms with Gasteiger partial charge in [0.05, 0.1) is 27.6 Å². The Morgan fingerprint density at radius 2 is 2.29 bits per heavy atom. The van der Waals surface area contributed by atoms with Crippen molar-refractivity contribution in [1.29, 1.82) is 0 Å². The number of aryl methyl sites for hydroxylation is 1. The first kappa shape index (κ1) is 16.1. The maximum atomic E-state index is 12.3. The van der Waals surface area contributed by atoms with E-state index in [-0.39, 0.29) is 18.1 Å². The summed E-state index contributed by atoms with van der Waals surface area (Å²) in [5, 5.41) is 17.9. The molecule has 124 valence electrons. The van der Waals surface area contributed by atoms with Crippen molar-refractivity contribution in [2.45, 2.75) is 20.4 Å². The van der Waals surface area contributed by atoms with Gasteiger partial charge >= 0.3 is 5.69 Å². The highest BCUT2D eigenvalue weighted by atomic mass is 32.1. The highest BCUT2D eigenvalue weighted by Crippen LogP contribution is 2.27. The van der Waals surface area contributed by atoms with Crippen molar-refractivity contribution in [2.24, 2.45) is 5.92 Å². The van der Waals surface area contributed by atoms with Gasteiger partial charge in [-0.25, -0.2) is 4.98 Å². The Balaban J connectivity index is 1.67. The SMILES string of the molecule is Cc1ccc2nc(NC(=O)C(C)Cn3cc([N+](=O)[O-])cn3)sc2c1. The molecule has 0 aliphatic rings. The van der Waals surface area contributed by atoms with E-state index in [1.165, 1.54) is 28.4 Å². The Labute approximate surface area is 141 Å². The van der Waals surface area contributed by atoms with E-state index >= 15 is 0 Å². The van der Waals surface area contributed by atoms with Crippen LogP contribution in [0.1, 0.15) is 12.5 Å². The van der Waals surface area contributed by atoms with Gasteiger partial charge in [0.2, 0.25) is 5.91 Å². The number of nitrogens with one attached hydrogen (secondary N) is 1. The van der Waals surface area contributed by atoms with Crippen molar-refractivity contribution in [3.05, 3.63) is 46.3 Å². The number of anilines is 1. The number of amides is 1. The first-order valence-corrected chi connectivity index (χ1v) is 8.09. The molecule has 0 radical (unpaired) electrons. The third-order valence-corrected chi connectivity index (χ3v) is 4.45.